The van der Waals surface area contributed by atoms with Crippen molar-refractivity contribution >= 4 is 5.69 Å². The Hall–Kier alpha value is -1.24. The minimum Gasteiger partial charge on any atom is -0.354 e. The van der Waals surface area contributed by atoms with E-state index in [1.807, 2.05) is 0 Å². The number of para-hydroxylation sites is 1. The summed E-state index contributed by atoms with van der Waals surface area (Å²) in [6.45, 7) is 11.4. The molecule has 0 aromatic heterocycles. The third-order valence-electron chi connectivity index (χ3n) is 3.68. The molecular weight excluding hydrogens is 194 g/mol. The van der Waals surface area contributed by atoms with E-state index in [0.29, 0.717) is 0 Å². The zero-order chi connectivity index (χ0) is 12.0. The van der Waals surface area contributed by atoms with Crippen molar-refractivity contribution in [3.05, 3.63) is 42.0 Å². The number of hydrogen-bond acceptors (Lipinski definition) is 1. The molecule has 1 heteroatoms. The smallest absolute Gasteiger partial charge is 0.0564 e. The fourth-order valence-corrected chi connectivity index (χ4v) is 2.90. The molecule has 0 unspecified atom stereocenters. The van der Waals surface area contributed by atoms with E-state index >= 15 is 0 Å². The highest BCUT2D eigenvalue weighted by atomic mass is 15.3. The Morgan fingerprint density at radius 3 is 1.94 bits per heavy atom. The maximum absolute atomic E-state index is 2.50. The number of anilines is 1. The quantitative estimate of drug-likeness (QED) is 0.640. The number of hydrogen-bond donors (Lipinski definition) is 0. The molecule has 0 aliphatic carbocycles. The van der Waals surface area contributed by atoms with Crippen molar-refractivity contribution in [2.75, 3.05) is 4.90 Å². The highest BCUT2D eigenvalue weighted by Crippen LogP contribution is 2.42. The van der Waals surface area contributed by atoms with Crippen LogP contribution in [-0.4, -0.2) is 11.1 Å². The van der Waals surface area contributed by atoms with Crippen LogP contribution in [0.1, 0.15) is 34.6 Å². The number of benzene rings is 1. The Kier molecular flexibility index (Phi) is 2.37. The van der Waals surface area contributed by atoms with Gasteiger partial charge in [-0.1, -0.05) is 29.8 Å². The number of nitrogens with zero attached hydrogens (tertiary/aromatic N) is 1. The van der Waals surface area contributed by atoms with Gasteiger partial charge in [-0.25, -0.2) is 0 Å². The molecule has 0 radical (unpaired) electrons. The fourth-order valence-electron chi connectivity index (χ4n) is 2.90. The maximum Gasteiger partial charge on any atom is 0.0564 e. The van der Waals surface area contributed by atoms with Crippen molar-refractivity contribution in [2.45, 2.75) is 45.7 Å². The Morgan fingerprint density at radius 1 is 0.938 bits per heavy atom. The van der Waals surface area contributed by atoms with Crippen LogP contribution in [0, 0.1) is 0 Å². The first-order chi connectivity index (χ1) is 7.36. The van der Waals surface area contributed by atoms with Gasteiger partial charge in [0.2, 0.25) is 0 Å². The second kappa shape index (κ2) is 3.38. The van der Waals surface area contributed by atoms with Crippen LogP contribution in [0.4, 0.5) is 5.69 Å². The van der Waals surface area contributed by atoms with Crippen LogP contribution in [-0.2, 0) is 0 Å². The molecule has 1 aromatic carbocycles. The zero-order valence-electron chi connectivity index (χ0n) is 10.9. The largest absolute Gasteiger partial charge is 0.354 e. The molecule has 1 nitrogen and oxygen atoms in total. The minimum atomic E-state index is 0.0922. The molecule has 1 aromatic rings. The molecule has 1 aliphatic rings. The standard InChI is InChI=1S/C15H21N/c1-12-11-14(2,3)16(15(12,4)5)13-9-7-6-8-10-13/h6-11H,1-5H3. The lowest BCUT2D eigenvalue weighted by atomic mass is 9.96. The summed E-state index contributed by atoms with van der Waals surface area (Å²) in [6, 6.07) is 10.7. The summed E-state index contributed by atoms with van der Waals surface area (Å²) in [6.07, 6.45) is 2.38. The zero-order valence-corrected chi connectivity index (χ0v) is 10.9. The van der Waals surface area contributed by atoms with Gasteiger partial charge in [0.15, 0.2) is 0 Å². The van der Waals surface area contributed by atoms with Gasteiger partial charge in [0, 0.05) is 5.69 Å². The van der Waals surface area contributed by atoms with Gasteiger partial charge in [-0.2, -0.15) is 0 Å². The SMILES string of the molecule is CC1=CC(C)(C)N(c2ccccc2)C1(C)C. The minimum absolute atomic E-state index is 0.0922. The monoisotopic (exact) mass is 215 g/mol. The lowest BCUT2D eigenvalue weighted by Gasteiger charge is -2.44. The van der Waals surface area contributed by atoms with Crippen LogP contribution in [0.15, 0.2) is 42.0 Å². The average Bonchev–Trinajstić information content (AvgIpc) is 2.33. The second-order valence-electron chi connectivity index (χ2n) is 5.71. The van der Waals surface area contributed by atoms with Crippen LogP contribution in [0.2, 0.25) is 0 Å². The van der Waals surface area contributed by atoms with E-state index in [4.69, 9.17) is 0 Å². The molecule has 1 aliphatic heterocycles. The lowest BCUT2D eigenvalue weighted by molar-refractivity contribution is 0.472. The molecule has 1 heterocycles. The van der Waals surface area contributed by atoms with E-state index in [9.17, 15) is 0 Å². The van der Waals surface area contributed by atoms with Crippen LogP contribution in [0.5, 0.6) is 0 Å². The molecule has 2 rings (SSSR count). The predicted molar refractivity (Wildman–Crippen MR) is 70.8 cm³/mol. The average molecular weight is 215 g/mol. The third-order valence-corrected chi connectivity index (χ3v) is 3.68. The van der Waals surface area contributed by atoms with Crippen LogP contribution < -0.4 is 4.90 Å². The summed E-state index contributed by atoms with van der Waals surface area (Å²) in [5.41, 5.74) is 2.94. The normalized spacial score (nSPS) is 22.1. The highest BCUT2D eigenvalue weighted by molar-refractivity contribution is 5.59. The summed E-state index contributed by atoms with van der Waals surface area (Å²) < 4.78 is 0. The van der Waals surface area contributed by atoms with Gasteiger partial charge in [-0.15, -0.1) is 0 Å². The first-order valence-electron chi connectivity index (χ1n) is 5.91. The van der Waals surface area contributed by atoms with Crippen molar-refractivity contribution in [3.63, 3.8) is 0 Å². The summed E-state index contributed by atoms with van der Waals surface area (Å²) >= 11 is 0. The topological polar surface area (TPSA) is 3.24 Å². The van der Waals surface area contributed by atoms with E-state index in [0.717, 1.165) is 0 Å². The number of rotatable bonds is 1. The van der Waals surface area contributed by atoms with Crippen molar-refractivity contribution in [3.8, 4) is 0 Å². The van der Waals surface area contributed by atoms with Crippen LogP contribution in [0.25, 0.3) is 0 Å². The Balaban J connectivity index is 2.50. The molecular formula is C15H21N. The van der Waals surface area contributed by atoms with E-state index in [-0.39, 0.29) is 11.1 Å². The lowest BCUT2D eigenvalue weighted by Crippen LogP contribution is -2.50. The summed E-state index contributed by atoms with van der Waals surface area (Å²) in [5, 5.41) is 0. The van der Waals surface area contributed by atoms with Gasteiger partial charge >= 0.3 is 0 Å². The Morgan fingerprint density at radius 2 is 1.50 bits per heavy atom. The van der Waals surface area contributed by atoms with Gasteiger partial charge in [-0.05, 0) is 46.8 Å². The summed E-state index contributed by atoms with van der Waals surface area (Å²) in [4.78, 5) is 2.50. The van der Waals surface area contributed by atoms with Crippen molar-refractivity contribution in [1.82, 2.24) is 0 Å². The second-order valence-corrected chi connectivity index (χ2v) is 5.71. The van der Waals surface area contributed by atoms with E-state index in [1.165, 1.54) is 11.3 Å². The van der Waals surface area contributed by atoms with Gasteiger partial charge < -0.3 is 4.90 Å². The molecule has 0 amide bonds. The van der Waals surface area contributed by atoms with Crippen molar-refractivity contribution < 1.29 is 0 Å². The molecule has 0 bridgehead atoms. The molecule has 0 atom stereocenters. The maximum atomic E-state index is 2.50. The molecule has 0 N–H and O–H groups in total. The van der Waals surface area contributed by atoms with E-state index in [2.05, 4.69) is 75.9 Å². The molecule has 0 saturated heterocycles. The van der Waals surface area contributed by atoms with Crippen LogP contribution in [0.3, 0.4) is 0 Å². The van der Waals surface area contributed by atoms with Gasteiger partial charge in [0.25, 0.3) is 0 Å². The molecule has 16 heavy (non-hydrogen) atoms. The first kappa shape index (κ1) is 11.3. The fraction of sp³-hybridized carbons (Fsp3) is 0.467. The van der Waals surface area contributed by atoms with Crippen molar-refractivity contribution in [1.29, 1.82) is 0 Å². The summed E-state index contributed by atoms with van der Waals surface area (Å²) in [7, 11) is 0. The van der Waals surface area contributed by atoms with Gasteiger partial charge in [0.1, 0.15) is 0 Å². The van der Waals surface area contributed by atoms with Crippen molar-refractivity contribution in [2.24, 2.45) is 0 Å². The Bertz CT molecular complexity index is 412. The predicted octanol–water partition coefficient (Wildman–Crippen LogP) is 4.01. The van der Waals surface area contributed by atoms with Crippen LogP contribution >= 0.6 is 0 Å². The van der Waals surface area contributed by atoms with E-state index in [1.54, 1.807) is 0 Å². The Labute approximate surface area is 98.8 Å². The third kappa shape index (κ3) is 1.55. The molecule has 0 spiro atoms. The first-order valence-corrected chi connectivity index (χ1v) is 5.91. The van der Waals surface area contributed by atoms with E-state index < -0.39 is 0 Å². The molecule has 0 fully saturated rings. The van der Waals surface area contributed by atoms with Gasteiger partial charge in [-0.3, -0.25) is 0 Å². The summed E-state index contributed by atoms with van der Waals surface area (Å²) in [5.74, 6) is 0. The van der Waals surface area contributed by atoms with Gasteiger partial charge in [0.05, 0.1) is 11.1 Å². The highest BCUT2D eigenvalue weighted by Gasteiger charge is 2.43. The molecule has 0 saturated carbocycles. The molecule has 86 valence electrons.